The molecule has 2 saturated heterocycles. The highest BCUT2D eigenvalue weighted by Crippen LogP contribution is 2.38. The third-order valence-corrected chi connectivity index (χ3v) is 6.19. The molecule has 1 spiro atoms. The normalized spacial score (nSPS) is 25.2. The summed E-state index contributed by atoms with van der Waals surface area (Å²) in [5.41, 5.74) is 2.47. The van der Waals surface area contributed by atoms with Gasteiger partial charge in [0.1, 0.15) is 0 Å². The molecule has 1 N–H and O–H groups in total. The van der Waals surface area contributed by atoms with E-state index in [0.717, 1.165) is 43.5 Å². The molecule has 4 heteroatoms. The molecule has 2 aliphatic rings. The van der Waals surface area contributed by atoms with Crippen LogP contribution in [0.2, 0.25) is 0 Å². The van der Waals surface area contributed by atoms with Gasteiger partial charge in [-0.25, -0.2) is 0 Å². The molecule has 22 heavy (non-hydrogen) atoms. The second-order valence-electron chi connectivity index (χ2n) is 6.91. The zero-order valence-electron chi connectivity index (χ0n) is 13.0. The van der Waals surface area contributed by atoms with Gasteiger partial charge >= 0.3 is 0 Å². The highest BCUT2D eigenvalue weighted by Gasteiger charge is 2.41. The summed E-state index contributed by atoms with van der Waals surface area (Å²) in [4.78, 5) is 15.0. The Balaban J connectivity index is 1.59. The van der Waals surface area contributed by atoms with E-state index < -0.39 is 0 Å². The molecule has 1 unspecified atom stereocenters. The monoisotopic (exact) mass is 314 g/mol. The molecule has 2 aromatic rings. The minimum absolute atomic E-state index is 0.220. The van der Waals surface area contributed by atoms with Gasteiger partial charge in [-0.1, -0.05) is 12.1 Å². The lowest BCUT2D eigenvalue weighted by Gasteiger charge is -2.33. The zero-order valence-corrected chi connectivity index (χ0v) is 13.8. The number of likely N-dealkylation sites (tertiary alicyclic amines) is 1. The number of rotatable bonds is 1. The highest BCUT2D eigenvalue weighted by atomic mass is 32.1. The molecular weight excluding hydrogens is 292 g/mol. The van der Waals surface area contributed by atoms with Crippen LogP contribution >= 0.6 is 11.3 Å². The second kappa shape index (κ2) is 5.36. The molecule has 0 radical (unpaired) electrons. The third kappa shape index (κ3) is 2.34. The lowest BCUT2D eigenvalue weighted by molar-refractivity contribution is 0.0766. The van der Waals surface area contributed by atoms with Gasteiger partial charge in [-0.05, 0) is 44.4 Å². The summed E-state index contributed by atoms with van der Waals surface area (Å²) in [7, 11) is 0. The number of nitrogens with zero attached hydrogens (tertiary/aromatic N) is 1. The molecule has 1 aromatic carbocycles. The fraction of sp³-hybridized carbons (Fsp3) is 0.500. The molecule has 1 aromatic heterocycles. The molecule has 1 atom stereocenters. The van der Waals surface area contributed by atoms with E-state index in [1.54, 1.807) is 11.3 Å². The SMILES string of the molecule is Cc1ccc2c(C(=O)N3CCC4(CCCNC4)C3)csc2c1. The highest BCUT2D eigenvalue weighted by molar-refractivity contribution is 7.17. The van der Waals surface area contributed by atoms with Gasteiger partial charge < -0.3 is 10.2 Å². The van der Waals surface area contributed by atoms with Gasteiger partial charge in [0.15, 0.2) is 0 Å². The molecule has 2 aliphatic heterocycles. The van der Waals surface area contributed by atoms with Gasteiger partial charge in [0, 0.05) is 40.5 Å². The number of amides is 1. The van der Waals surface area contributed by atoms with Crippen LogP contribution in [0.3, 0.4) is 0 Å². The average Bonchev–Trinajstić information content (AvgIpc) is 3.12. The summed E-state index contributed by atoms with van der Waals surface area (Å²) < 4.78 is 1.22. The first-order valence-electron chi connectivity index (χ1n) is 8.15. The van der Waals surface area contributed by atoms with Gasteiger partial charge in [-0.2, -0.15) is 0 Å². The molecule has 0 aliphatic carbocycles. The predicted molar refractivity (Wildman–Crippen MR) is 91.6 cm³/mol. The maximum absolute atomic E-state index is 12.9. The first-order chi connectivity index (χ1) is 10.7. The Bertz CT molecular complexity index is 715. The van der Waals surface area contributed by atoms with Crippen molar-refractivity contribution in [2.45, 2.75) is 26.2 Å². The van der Waals surface area contributed by atoms with Crippen LogP contribution in [0.1, 0.15) is 35.2 Å². The summed E-state index contributed by atoms with van der Waals surface area (Å²) in [5.74, 6) is 0.220. The van der Waals surface area contributed by atoms with Crippen LogP contribution < -0.4 is 5.32 Å². The quantitative estimate of drug-likeness (QED) is 0.874. The topological polar surface area (TPSA) is 32.3 Å². The minimum atomic E-state index is 0.220. The van der Waals surface area contributed by atoms with E-state index in [9.17, 15) is 4.79 Å². The summed E-state index contributed by atoms with van der Waals surface area (Å²) in [6.45, 7) is 6.12. The second-order valence-corrected chi connectivity index (χ2v) is 7.82. The van der Waals surface area contributed by atoms with Gasteiger partial charge in [0.05, 0.1) is 5.56 Å². The van der Waals surface area contributed by atoms with Crippen molar-refractivity contribution >= 4 is 27.3 Å². The fourth-order valence-electron chi connectivity index (χ4n) is 3.96. The van der Waals surface area contributed by atoms with Gasteiger partial charge in [0.25, 0.3) is 5.91 Å². The number of piperidine rings is 1. The Morgan fingerprint density at radius 1 is 1.36 bits per heavy atom. The summed E-state index contributed by atoms with van der Waals surface area (Å²) in [5, 5.41) is 6.66. The molecule has 3 nitrogen and oxygen atoms in total. The minimum Gasteiger partial charge on any atom is -0.338 e. The van der Waals surface area contributed by atoms with E-state index in [-0.39, 0.29) is 5.91 Å². The number of benzene rings is 1. The van der Waals surface area contributed by atoms with Crippen molar-refractivity contribution in [3.63, 3.8) is 0 Å². The number of carbonyl (C=O) groups excluding carboxylic acids is 1. The molecular formula is C18H22N2OS. The molecule has 0 bridgehead atoms. The third-order valence-electron chi connectivity index (χ3n) is 5.25. The van der Waals surface area contributed by atoms with E-state index in [1.807, 2.05) is 5.38 Å². The molecule has 4 rings (SSSR count). The van der Waals surface area contributed by atoms with Crippen molar-refractivity contribution in [1.82, 2.24) is 10.2 Å². The average molecular weight is 314 g/mol. The maximum atomic E-state index is 12.9. The maximum Gasteiger partial charge on any atom is 0.255 e. The summed E-state index contributed by atoms with van der Waals surface area (Å²) in [6.07, 6.45) is 3.64. The van der Waals surface area contributed by atoms with Gasteiger partial charge in [0.2, 0.25) is 0 Å². The largest absolute Gasteiger partial charge is 0.338 e. The van der Waals surface area contributed by atoms with Crippen molar-refractivity contribution in [3.05, 3.63) is 34.7 Å². The van der Waals surface area contributed by atoms with Crippen LogP contribution in [-0.2, 0) is 0 Å². The van der Waals surface area contributed by atoms with Gasteiger partial charge in [-0.3, -0.25) is 4.79 Å². The van der Waals surface area contributed by atoms with Crippen LogP contribution in [0.5, 0.6) is 0 Å². The van der Waals surface area contributed by atoms with E-state index in [1.165, 1.54) is 23.1 Å². The van der Waals surface area contributed by atoms with Crippen LogP contribution in [0.25, 0.3) is 10.1 Å². The van der Waals surface area contributed by atoms with E-state index >= 15 is 0 Å². The Kier molecular flexibility index (Phi) is 3.46. The first kappa shape index (κ1) is 14.2. The molecule has 2 fully saturated rings. The van der Waals surface area contributed by atoms with Gasteiger partial charge in [-0.15, -0.1) is 11.3 Å². The first-order valence-corrected chi connectivity index (χ1v) is 9.03. The van der Waals surface area contributed by atoms with Crippen LogP contribution in [0.4, 0.5) is 0 Å². The number of hydrogen-bond acceptors (Lipinski definition) is 3. The van der Waals surface area contributed by atoms with Crippen molar-refractivity contribution < 1.29 is 4.79 Å². The molecule has 116 valence electrons. The van der Waals surface area contributed by atoms with E-state index in [4.69, 9.17) is 0 Å². The Morgan fingerprint density at radius 3 is 3.09 bits per heavy atom. The number of thiophene rings is 1. The van der Waals surface area contributed by atoms with Crippen LogP contribution in [0.15, 0.2) is 23.6 Å². The zero-order chi connectivity index (χ0) is 15.2. The van der Waals surface area contributed by atoms with E-state index in [0.29, 0.717) is 5.41 Å². The molecule has 3 heterocycles. The number of fused-ring (bicyclic) bond motifs is 1. The Morgan fingerprint density at radius 2 is 2.27 bits per heavy atom. The summed E-state index contributed by atoms with van der Waals surface area (Å²) in [6, 6.07) is 6.37. The predicted octanol–water partition coefficient (Wildman–Crippen LogP) is 3.43. The lowest BCUT2D eigenvalue weighted by Crippen LogP contribution is -2.42. The van der Waals surface area contributed by atoms with E-state index in [2.05, 4.69) is 35.3 Å². The smallest absolute Gasteiger partial charge is 0.255 e. The molecule has 1 amide bonds. The van der Waals surface area contributed by atoms with Crippen molar-refractivity contribution in [3.8, 4) is 0 Å². The molecule has 0 saturated carbocycles. The van der Waals surface area contributed by atoms with Crippen molar-refractivity contribution in [2.24, 2.45) is 5.41 Å². The number of hydrogen-bond donors (Lipinski definition) is 1. The van der Waals surface area contributed by atoms with Crippen molar-refractivity contribution in [2.75, 3.05) is 26.2 Å². The van der Waals surface area contributed by atoms with Crippen molar-refractivity contribution in [1.29, 1.82) is 0 Å². The fourth-order valence-corrected chi connectivity index (χ4v) is 4.99. The number of carbonyl (C=O) groups is 1. The Labute approximate surface area is 135 Å². The number of aryl methyl sites for hydroxylation is 1. The lowest BCUT2D eigenvalue weighted by atomic mass is 9.80. The summed E-state index contributed by atoms with van der Waals surface area (Å²) >= 11 is 1.68. The number of nitrogens with one attached hydrogen (secondary N) is 1. The standard InChI is InChI=1S/C18H22N2OS/c1-13-3-4-14-15(10-22-16(14)9-13)17(21)20-8-6-18(12-20)5-2-7-19-11-18/h3-4,9-10,19H,2,5-8,11-12H2,1H3. The Hall–Kier alpha value is -1.39. The van der Waals surface area contributed by atoms with Crippen LogP contribution in [-0.4, -0.2) is 37.0 Å². The van der Waals surface area contributed by atoms with Crippen LogP contribution in [0, 0.1) is 12.3 Å².